The molecule has 0 radical (unpaired) electrons. The average molecular weight is 277 g/mol. The number of nitrogens with zero attached hydrogens (tertiary/aromatic N) is 3. The van der Waals surface area contributed by atoms with Crippen molar-refractivity contribution < 1.29 is 4.79 Å². The number of rotatable bonds is 2. The Kier molecular flexibility index (Phi) is 3.76. The zero-order valence-electron chi connectivity index (χ0n) is 12.2. The predicted molar refractivity (Wildman–Crippen MR) is 76.2 cm³/mol. The minimum absolute atomic E-state index is 0.136. The highest BCUT2D eigenvalue weighted by Gasteiger charge is 2.32. The number of hydrogen-bond donors (Lipinski definition) is 2. The van der Waals surface area contributed by atoms with Crippen molar-refractivity contribution in [3.8, 4) is 0 Å². The van der Waals surface area contributed by atoms with Crippen molar-refractivity contribution in [2.45, 2.75) is 37.9 Å². The molecule has 2 unspecified atom stereocenters. The summed E-state index contributed by atoms with van der Waals surface area (Å²) < 4.78 is 0. The molecule has 2 atom stereocenters. The number of aromatic amines is 1. The van der Waals surface area contributed by atoms with Crippen LogP contribution in [0, 0.1) is 0 Å². The van der Waals surface area contributed by atoms with Gasteiger partial charge in [-0.05, 0) is 26.4 Å². The number of H-pyrrole nitrogens is 1. The maximum atomic E-state index is 12.6. The third-order valence-corrected chi connectivity index (χ3v) is 4.52. The van der Waals surface area contributed by atoms with Crippen LogP contribution in [-0.2, 0) is 17.8 Å². The van der Waals surface area contributed by atoms with Gasteiger partial charge < -0.3 is 14.8 Å². The normalized spacial score (nSPS) is 27.1. The quantitative estimate of drug-likeness (QED) is 0.797. The highest BCUT2D eigenvalue weighted by atomic mass is 16.2. The van der Waals surface area contributed by atoms with Crippen molar-refractivity contribution in [3.05, 3.63) is 17.7 Å². The predicted octanol–water partition coefficient (Wildman–Crippen LogP) is -0.0234. The van der Waals surface area contributed by atoms with E-state index < -0.39 is 0 Å². The molecule has 6 heteroatoms. The van der Waals surface area contributed by atoms with Crippen LogP contribution in [0.1, 0.15) is 24.2 Å². The topological polar surface area (TPSA) is 64.3 Å². The van der Waals surface area contributed by atoms with Crippen LogP contribution in [0.3, 0.4) is 0 Å². The molecule has 0 bridgehead atoms. The minimum Gasteiger partial charge on any atom is -0.347 e. The van der Waals surface area contributed by atoms with Gasteiger partial charge in [0.1, 0.15) is 0 Å². The van der Waals surface area contributed by atoms with Gasteiger partial charge in [0.05, 0.1) is 23.8 Å². The standard InChI is InChI=1S/C14H23N5O/c1-18-5-3-4-10(8-18)19(2)14(20)12-6-11-13(7-15-12)17-9-16-11/h9-10,12,15H,3-8H2,1-2H3,(H,16,17). The molecule has 2 aliphatic rings. The van der Waals surface area contributed by atoms with E-state index in [9.17, 15) is 4.79 Å². The van der Waals surface area contributed by atoms with Crippen LogP contribution in [-0.4, -0.2) is 64.9 Å². The number of hydrogen-bond acceptors (Lipinski definition) is 4. The second kappa shape index (κ2) is 5.54. The van der Waals surface area contributed by atoms with Crippen molar-refractivity contribution in [3.63, 3.8) is 0 Å². The van der Waals surface area contributed by atoms with E-state index in [0.29, 0.717) is 19.0 Å². The summed E-state index contributed by atoms with van der Waals surface area (Å²) in [5.41, 5.74) is 2.13. The number of piperidine rings is 1. The molecule has 0 saturated carbocycles. The lowest BCUT2D eigenvalue weighted by molar-refractivity contribution is -0.135. The van der Waals surface area contributed by atoms with E-state index in [2.05, 4.69) is 27.2 Å². The van der Waals surface area contributed by atoms with Gasteiger partial charge in [0.2, 0.25) is 5.91 Å². The first-order valence-electron chi connectivity index (χ1n) is 7.35. The van der Waals surface area contributed by atoms with Gasteiger partial charge in [-0.2, -0.15) is 0 Å². The van der Waals surface area contributed by atoms with E-state index in [4.69, 9.17) is 0 Å². The number of aromatic nitrogens is 2. The molecule has 110 valence electrons. The minimum atomic E-state index is -0.136. The Morgan fingerprint density at radius 2 is 2.40 bits per heavy atom. The Balaban J connectivity index is 1.64. The summed E-state index contributed by atoms with van der Waals surface area (Å²) in [6.45, 7) is 2.81. The fourth-order valence-electron chi connectivity index (χ4n) is 3.22. The summed E-state index contributed by atoms with van der Waals surface area (Å²) in [4.78, 5) is 24.3. The van der Waals surface area contributed by atoms with E-state index in [-0.39, 0.29) is 11.9 Å². The molecule has 2 aliphatic heterocycles. The van der Waals surface area contributed by atoms with Crippen molar-refractivity contribution >= 4 is 5.91 Å². The van der Waals surface area contributed by atoms with Crippen LogP contribution in [0.15, 0.2) is 6.33 Å². The number of fused-ring (bicyclic) bond motifs is 1. The summed E-state index contributed by atoms with van der Waals surface area (Å²) in [7, 11) is 4.06. The number of imidazole rings is 1. The monoisotopic (exact) mass is 277 g/mol. The molecule has 3 rings (SSSR count). The highest BCUT2D eigenvalue weighted by Crippen LogP contribution is 2.17. The van der Waals surface area contributed by atoms with E-state index >= 15 is 0 Å². The van der Waals surface area contributed by atoms with Crippen molar-refractivity contribution in [1.29, 1.82) is 0 Å². The zero-order valence-corrected chi connectivity index (χ0v) is 12.2. The van der Waals surface area contributed by atoms with Crippen LogP contribution < -0.4 is 5.32 Å². The number of carbonyl (C=O) groups is 1. The maximum absolute atomic E-state index is 12.6. The van der Waals surface area contributed by atoms with Crippen LogP contribution >= 0.6 is 0 Å². The molecule has 0 aliphatic carbocycles. The van der Waals surface area contributed by atoms with Gasteiger partial charge >= 0.3 is 0 Å². The van der Waals surface area contributed by atoms with Gasteiger partial charge in [0.15, 0.2) is 0 Å². The first-order valence-corrected chi connectivity index (χ1v) is 7.35. The van der Waals surface area contributed by atoms with Crippen LogP contribution in [0.2, 0.25) is 0 Å². The van der Waals surface area contributed by atoms with Gasteiger partial charge in [0.25, 0.3) is 0 Å². The zero-order chi connectivity index (χ0) is 14.1. The molecule has 1 saturated heterocycles. The summed E-state index contributed by atoms with van der Waals surface area (Å²) in [6, 6.07) is 0.201. The summed E-state index contributed by atoms with van der Waals surface area (Å²) in [5, 5.41) is 3.32. The van der Waals surface area contributed by atoms with Crippen LogP contribution in [0.4, 0.5) is 0 Å². The second-order valence-corrected chi connectivity index (χ2v) is 5.97. The Labute approximate surface area is 119 Å². The summed E-state index contributed by atoms with van der Waals surface area (Å²) in [6.07, 6.45) is 4.66. The fourth-order valence-corrected chi connectivity index (χ4v) is 3.22. The number of nitrogens with one attached hydrogen (secondary N) is 2. The van der Waals surface area contributed by atoms with E-state index in [1.165, 1.54) is 6.42 Å². The molecule has 3 heterocycles. The molecule has 6 nitrogen and oxygen atoms in total. The fraction of sp³-hybridized carbons (Fsp3) is 0.714. The Bertz CT molecular complexity index is 486. The molecular formula is C14H23N5O. The van der Waals surface area contributed by atoms with Crippen LogP contribution in [0.25, 0.3) is 0 Å². The van der Waals surface area contributed by atoms with Crippen LogP contribution in [0.5, 0.6) is 0 Å². The molecule has 0 spiro atoms. The van der Waals surface area contributed by atoms with E-state index in [1.54, 1.807) is 6.33 Å². The Hall–Kier alpha value is -1.40. The van der Waals surface area contributed by atoms with E-state index in [0.717, 1.165) is 30.9 Å². The Morgan fingerprint density at radius 1 is 1.55 bits per heavy atom. The molecule has 1 amide bonds. The molecule has 2 N–H and O–H groups in total. The summed E-state index contributed by atoms with van der Waals surface area (Å²) in [5.74, 6) is 0.193. The molecule has 1 fully saturated rings. The van der Waals surface area contributed by atoms with Gasteiger partial charge in [0, 0.05) is 32.6 Å². The number of likely N-dealkylation sites (N-methyl/N-ethyl adjacent to an activating group) is 2. The largest absolute Gasteiger partial charge is 0.347 e. The number of carbonyl (C=O) groups excluding carboxylic acids is 1. The number of amides is 1. The van der Waals surface area contributed by atoms with Gasteiger partial charge in [-0.15, -0.1) is 0 Å². The summed E-state index contributed by atoms with van der Waals surface area (Å²) >= 11 is 0. The third kappa shape index (κ3) is 2.58. The highest BCUT2D eigenvalue weighted by molar-refractivity contribution is 5.82. The van der Waals surface area contributed by atoms with Gasteiger partial charge in [-0.1, -0.05) is 0 Å². The van der Waals surface area contributed by atoms with Crippen molar-refractivity contribution in [2.24, 2.45) is 0 Å². The molecule has 0 aromatic carbocycles. The second-order valence-electron chi connectivity index (χ2n) is 5.97. The first-order chi connectivity index (χ1) is 9.65. The molecule has 1 aromatic heterocycles. The first kappa shape index (κ1) is 13.6. The maximum Gasteiger partial charge on any atom is 0.240 e. The lowest BCUT2D eigenvalue weighted by Crippen LogP contribution is -2.54. The third-order valence-electron chi connectivity index (χ3n) is 4.52. The lowest BCUT2D eigenvalue weighted by Gasteiger charge is -2.38. The SMILES string of the molecule is CN1CCCC(N(C)C(=O)C2Cc3nc[nH]c3CN2)C1. The average Bonchev–Trinajstić information content (AvgIpc) is 2.93. The van der Waals surface area contributed by atoms with E-state index in [1.807, 2.05) is 11.9 Å². The number of likely N-dealkylation sites (tertiary alicyclic amines) is 1. The molecule has 1 aromatic rings. The molecule has 20 heavy (non-hydrogen) atoms. The smallest absolute Gasteiger partial charge is 0.240 e. The van der Waals surface area contributed by atoms with Gasteiger partial charge in [-0.3, -0.25) is 10.1 Å². The van der Waals surface area contributed by atoms with Crippen molar-refractivity contribution in [1.82, 2.24) is 25.1 Å². The van der Waals surface area contributed by atoms with Gasteiger partial charge in [-0.25, -0.2) is 4.98 Å². The Morgan fingerprint density at radius 3 is 3.20 bits per heavy atom. The van der Waals surface area contributed by atoms with Crippen molar-refractivity contribution in [2.75, 3.05) is 27.2 Å². The molecular weight excluding hydrogens is 254 g/mol. The lowest BCUT2D eigenvalue weighted by atomic mass is 10.0.